The Hall–Kier alpha value is -3.00. The van der Waals surface area contributed by atoms with Crippen molar-refractivity contribution in [3.8, 4) is 0 Å². The van der Waals surface area contributed by atoms with Crippen molar-refractivity contribution in [2.75, 3.05) is 13.1 Å². The standard InChI is InChI=1S/C16H12ClN5O3/c17-14-11(3-1-6-18-14)16(24)22-8-2-7-21(22)15(23)10-4-5-12-13(9-10)20-25-19-12/h1,3-6,9H,2,7-8H2. The summed E-state index contributed by atoms with van der Waals surface area (Å²) in [6.45, 7) is 0.876. The van der Waals surface area contributed by atoms with Crippen LogP contribution < -0.4 is 0 Å². The maximum atomic E-state index is 12.8. The summed E-state index contributed by atoms with van der Waals surface area (Å²) < 4.78 is 4.64. The first-order chi connectivity index (χ1) is 12.1. The van der Waals surface area contributed by atoms with E-state index in [9.17, 15) is 9.59 Å². The highest BCUT2D eigenvalue weighted by Gasteiger charge is 2.33. The van der Waals surface area contributed by atoms with Gasteiger partial charge >= 0.3 is 0 Å². The molecule has 3 heterocycles. The number of carbonyl (C=O) groups is 2. The number of carbonyl (C=O) groups excluding carboxylic acids is 2. The molecule has 3 aromatic rings. The SMILES string of the molecule is O=C(c1ccc2nonc2c1)N1CCCN1C(=O)c1cccnc1Cl. The third kappa shape index (κ3) is 2.70. The lowest BCUT2D eigenvalue weighted by molar-refractivity contribution is 0.0186. The summed E-state index contributed by atoms with van der Waals surface area (Å²) in [5, 5.41) is 10.4. The summed E-state index contributed by atoms with van der Waals surface area (Å²) in [4.78, 5) is 29.5. The van der Waals surface area contributed by atoms with Crippen molar-refractivity contribution < 1.29 is 14.2 Å². The Morgan fingerprint density at radius 2 is 1.80 bits per heavy atom. The summed E-state index contributed by atoms with van der Waals surface area (Å²) in [5.74, 6) is -0.649. The van der Waals surface area contributed by atoms with Crippen LogP contribution in [0.25, 0.3) is 11.0 Å². The lowest BCUT2D eigenvalue weighted by atomic mass is 10.2. The molecule has 0 atom stereocenters. The molecule has 0 bridgehead atoms. The monoisotopic (exact) mass is 357 g/mol. The average Bonchev–Trinajstić information content (AvgIpc) is 3.29. The van der Waals surface area contributed by atoms with E-state index < -0.39 is 0 Å². The predicted molar refractivity (Wildman–Crippen MR) is 87.7 cm³/mol. The number of halogens is 1. The van der Waals surface area contributed by atoms with Crippen molar-refractivity contribution in [1.29, 1.82) is 0 Å². The second kappa shape index (κ2) is 6.14. The van der Waals surface area contributed by atoms with E-state index in [0.29, 0.717) is 36.1 Å². The van der Waals surface area contributed by atoms with Gasteiger partial charge in [-0.1, -0.05) is 11.6 Å². The van der Waals surface area contributed by atoms with Crippen LogP contribution in [-0.2, 0) is 0 Å². The molecule has 0 aliphatic carbocycles. The van der Waals surface area contributed by atoms with Gasteiger partial charge in [0.2, 0.25) is 0 Å². The van der Waals surface area contributed by atoms with Crippen molar-refractivity contribution in [1.82, 2.24) is 25.3 Å². The molecule has 0 radical (unpaired) electrons. The van der Waals surface area contributed by atoms with Gasteiger partial charge in [0.25, 0.3) is 11.8 Å². The molecule has 2 amide bonds. The van der Waals surface area contributed by atoms with Gasteiger partial charge in [-0.25, -0.2) is 19.6 Å². The maximum absolute atomic E-state index is 12.8. The molecular weight excluding hydrogens is 346 g/mol. The van der Waals surface area contributed by atoms with Crippen molar-refractivity contribution >= 4 is 34.4 Å². The fourth-order valence-electron chi connectivity index (χ4n) is 2.78. The predicted octanol–water partition coefficient (Wildman–Crippen LogP) is 2.17. The van der Waals surface area contributed by atoms with Gasteiger partial charge in [0.15, 0.2) is 0 Å². The molecule has 9 heteroatoms. The molecule has 2 aromatic heterocycles. The highest BCUT2D eigenvalue weighted by atomic mass is 35.5. The van der Waals surface area contributed by atoms with E-state index in [1.54, 1.807) is 30.3 Å². The Labute approximate surface area is 146 Å². The van der Waals surface area contributed by atoms with Crippen LogP contribution in [0.15, 0.2) is 41.2 Å². The fraction of sp³-hybridized carbons (Fsp3) is 0.188. The first-order valence-corrected chi connectivity index (χ1v) is 7.99. The van der Waals surface area contributed by atoms with Gasteiger partial charge in [-0.15, -0.1) is 0 Å². The molecule has 1 aliphatic heterocycles. The van der Waals surface area contributed by atoms with Crippen LogP contribution in [-0.4, -0.2) is 50.2 Å². The van der Waals surface area contributed by atoms with Crippen LogP contribution in [0.2, 0.25) is 5.15 Å². The van der Waals surface area contributed by atoms with E-state index in [1.807, 2.05) is 0 Å². The number of hydrazine groups is 1. The highest BCUT2D eigenvalue weighted by Crippen LogP contribution is 2.22. The molecular formula is C16H12ClN5O3. The summed E-state index contributed by atoms with van der Waals surface area (Å²) in [7, 11) is 0. The molecule has 0 N–H and O–H groups in total. The minimum absolute atomic E-state index is 0.113. The zero-order chi connectivity index (χ0) is 17.4. The Kier molecular flexibility index (Phi) is 3.81. The number of hydrogen-bond donors (Lipinski definition) is 0. The molecule has 25 heavy (non-hydrogen) atoms. The summed E-state index contributed by atoms with van der Waals surface area (Å²) >= 11 is 6.01. The average molecular weight is 358 g/mol. The van der Waals surface area contributed by atoms with Gasteiger partial charge in [-0.3, -0.25) is 9.59 Å². The van der Waals surface area contributed by atoms with Gasteiger partial charge in [-0.2, -0.15) is 0 Å². The molecule has 1 aliphatic rings. The zero-order valence-electron chi connectivity index (χ0n) is 12.9. The smallest absolute Gasteiger partial charge is 0.267 e. The van der Waals surface area contributed by atoms with E-state index in [2.05, 4.69) is 19.9 Å². The van der Waals surface area contributed by atoms with Crippen molar-refractivity contribution in [3.05, 3.63) is 52.8 Å². The van der Waals surface area contributed by atoms with E-state index in [1.165, 1.54) is 16.2 Å². The van der Waals surface area contributed by atoms with Gasteiger partial charge in [0.1, 0.15) is 16.2 Å². The number of hydrogen-bond acceptors (Lipinski definition) is 6. The quantitative estimate of drug-likeness (QED) is 0.653. The Balaban J connectivity index is 1.63. The molecule has 1 aromatic carbocycles. The second-order valence-electron chi connectivity index (χ2n) is 5.52. The molecule has 4 rings (SSSR count). The highest BCUT2D eigenvalue weighted by molar-refractivity contribution is 6.32. The summed E-state index contributed by atoms with van der Waals surface area (Å²) in [6.07, 6.45) is 2.19. The largest absolute Gasteiger partial charge is 0.275 e. The lowest BCUT2D eigenvalue weighted by Crippen LogP contribution is -2.45. The van der Waals surface area contributed by atoms with Crippen LogP contribution in [0, 0.1) is 0 Å². The molecule has 0 unspecified atom stereocenters. The molecule has 126 valence electrons. The number of rotatable bonds is 2. The van der Waals surface area contributed by atoms with Gasteiger partial charge in [-0.05, 0) is 47.1 Å². The molecule has 1 fully saturated rings. The van der Waals surface area contributed by atoms with E-state index >= 15 is 0 Å². The number of amides is 2. The number of fused-ring (bicyclic) bond motifs is 1. The Morgan fingerprint density at radius 3 is 2.60 bits per heavy atom. The maximum Gasteiger partial charge on any atom is 0.275 e. The van der Waals surface area contributed by atoms with Crippen molar-refractivity contribution in [2.45, 2.75) is 6.42 Å². The molecule has 1 saturated heterocycles. The summed E-state index contributed by atoms with van der Waals surface area (Å²) in [5.41, 5.74) is 1.71. The normalized spacial score (nSPS) is 14.3. The second-order valence-corrected chi connectivity index (χ2v) is 5.88. The van der Waals surface area contributed by atoms with Crippen molar-refractivity contribution in [2.24, 2.45) is 0 Å². The van der Waals surface area contributed by atoms with Crippen LogP contribution >= 0.6 is 11.6 Å². The zero-order valence-corrected chi connectivity index (χ0v) is 13.7. The van der Waals surface area contributed by atoms with Gasteiger partial charge < -0.3 is 0 Å². The van der Waals surface area contributed by atoms with E-state index in [-0.39, 0.29) is 22.5 Å². The van der Waals surface area contributed by atoms with Crippen LogP contribution in [0.3, 0.4) is 0 Å². The molecule has 0 spiro atoms. The topological polar surface area (TPSA) is 92.4 Å². The number of pyridine rings is 1. The van der Waals surface area contributed by atoms with E-state index in [4.69, 9.17) is 11.6 Å². The Bertz CT molecular complexity index is 973. The number of nitrogens with zero attached hydrogens (tertiary/aromatic N) is 5. The van der Waals surface area contributed by atoms with Gasteiger partial charge in [0, 0.05) is 24.8 Å². The van der Waals surface area contributed by atoms with Crippen molar-refractivity contribution in [3.63, 3.8) is 0 Å². The Morgan fingerprint density at radius 1 is 1.04 bits per heavy atom. The number of aromatic nitrogens is 3. The first kappa shape index (κ1) is 15.5. The van der Waals surface area contributed by atoms with Crippen LogP contribution in [0.5, 0.6) is 0 Å². The van der Waals surface area contributed by atoms with Crippen LogP contribution in [0.4, 0.5) is 0 Å². The van der Waals surface area contributed by atoms with Gasteiger partial charge in [0.05, 0.1) is 5.56 Å². The molecule has 0 saturated carbocycles. The third-order valence-corrected chi connectivity index (χ3v) is 4.29. The first-order valence-electron chi connectivity index (χ1n) is 7.61. The third-order valence-electron chi connectivity index (χ3n) is 3.99. The van der Waals surface area contributed by atoms with Crippen LogP contribution in [0.1, 0.15) is 27.1 Å². The fourth-order valence-corrected chi connectivity index (χ4v) is 2.98. The number of benzene rings is 1. The minimum Gasteiger partial charge on any atom is -0.267 e. The van der Waals surface area contributed by atoms with E-state index in [0.717, 1.165) is 0 Å². The molecule has 8 nitrogen and oxygen atoms in total. The lowest BCUT2D eigenvalue weighted by Gasteiger charge is -2.28. The minimum atomic E-state index is -0.354. The summed E-state index contributed by atoms with van der Waals surface area (Å²) in [6, 6.07) is 8.09.